The molecule has 0 aromatic heterocycles. The number of carbonyl (C=O) groups is 1. The summed E-state index contributed by atoms with van der Waals surface area (Å²) in [6.45, 7) is 5.09. The molecule has 2 unspecified atom stereocenters. The third kappa shape index (κ3) is 5.60. The van der Waals surface area contributed by atoms with Gasteiger partial charge in [0, 0.05) is 29.5 Å². The summed E-state index contributed by atoms with van der Waals surface area (Å²) in [7, 11) is 0. The molecule has 3 rings (SSSR count). The molecule has 5 nitrogen and oxygen atoms in total. The van der Waals surface area contributed by atoms with Crippen LogP contribution < -0.4 is 10.5 Å². The van der Waals surface area contributed by atoms with Crippen LogP contribution in [-0.2, 0) is 22.6 Å². The molecule has 1 aliphatic heterocycles. The summed E-state index contributed by atoms with van der Waals surface area (Å²) in [5, 5.41) is 9.24. The van der Waals surface area contributed by atoms with Crippen LogP contribution in [0.3, 0.4) is 0 Å². The number of carbonyl (C=O) groups excluding carboxylic acids is 1. The number of halogens is 1. The first kappa shape index (κ1) is 21.8. The van der Waals surface area contributed by atoms with Crippen molar-refractivity contribution in [2.75, 3.05) is 11.9 Å². The molecular weight excluding hydrogens is 406 g/mol. The second kappa shape index (κ2) is 9.76. The number of aliphatic imine (C=N–C) groups is 1. The Morgan fingerprint density at radius 2 is 2.14 bits per heavy atom. The molecule has 2 aromatic rings. The second-order valence-electron chi connectivity index (χ2n) is 7.74. The lowest BCUT2D eigenvalue weighted by atomic mass is 9.85. The van der Waals surface area contributed by atoms with Crippen LogP contribution in [0.5, 0.6) is 0 Å². The summed E-state index contributed by atoms with van der Waals surface area (Å²) in [5.41, 5.74) is 3.22. The van der Waals surface area contributed by atoms with E-state index >= 15 is 0 Å². The first-order valence-electron chi connectivity index (χ1n) is 9.72. The van der Waals surface area contributed by atoms with E-state index in [0.29, 0.717) is 21.5 Å². The van der Waals surface area contributed by atoms with Gasteiger partial charge in [0.05, 0.1) is 23.3 Å². The molecule has 2 atom stereocenters. The molecule has 0 radical (unpaired) electrons. The minimum Gasteiger partial charge on any atom is -0.593 e. The summed E-state index contributed by atoms with van der Waals surface area (Å²) in [5.74, 6) is 0.598. The average Bonchev–Trinajstić information content (AvgIpc) is 2.85. The van der Waals surface area contributed by atoms with Gasteiger partial charge in [-0.2, -0.15) is 0 Å². The van der Waals surface area contributed by atoms with E-state index in [1.807, 2.05) is 24.3 Å². The lowest BCUT2D eigenvalue weighted by molar-refractivity contribution is -0.115. The largest absolute Gasteiger partial charge is 0.593 e. The minimum absolute atomic E-state index is 0.161. The lowest BCUT2D eigenvalue weighted by Crippen LogP contribution is -2.19. The number of nitrogens with two attached hydrogens (primary N) is 1. The Bertz CT molecular complexity index is 915. The van der Waals surface area contributed by atoms with Crippen molar-refractivity contribution in [1.82, 2.24) is 0 Å². The van der Waals surface area contributed by atoms with Gasteiger partial charge in [-0.25, -0.2) is 0 Å². The predicted molar refractivity (Wildman–Crippen MR) is 120 cm³/mol. The molecular formula is C22H26ClN3O2S. The Morgan fingerprint density at radius 3 is 2.83 bits per heavy atom. The molecule has 0 saturated carbocycles. The second-order valence-corrected chi connectivity index (χ2v) is 9.18. The highest BCUT2D eigenvalue weighted by atomic mass is 35.5. The predicted octanol–water partition coefficient (Wildman–Crippen LogP) is 4.45. The fraction of sp³-hybridized carbons (Fsp3) is 0.364. The average molecular weight is 432 g/mol. The normalized spacial score (nSPS) is 17.0. The maximum absolute atomic E-state index is 12.6. The highest BCUT2D eigenvalue weighted by Crippen LogP contribution is 2.35. The number of anilines is 1. The zero-order valence-electron chi connectivity index (χ0n) is 16.7. The molecule has 0 spiro atoms. The topological polar surface area (TPSA) is 90.5 Å². The van der Waals surface area contributed by atoms with E-state index in [1.165, 1.54) is 0 Å². The lowest BCUT2D eigenvalue weighted by Gasteiger charge is -2.21. The number of rotatable bonds is 6. The van der Waals surface area contributed by atoms with Crippen LogP contribution in [0, 0.1) is 5.92 Å². The monoisotopic (exact) mass is 431 g/mol. The molecule has 7 heteroatoms. The molecule has 0 aliphatic carbocycles. The number of fused-ring (bicyclic) bond motifs is 1. The van der Waals surface area contributed by atoms with Crippen LogP contribution in [-0.4, -0.2) is 23.2 Å². The van der Waals surface area contributed by atoms with Crippen molar-refractivity contribution in [2.24, 2.45) is 16.0 Å². The molecule has 1 amide bonds. The molecule has 3 N–H and O–H groups in total. The zero-order chi connectivity index (χ0) is 21.0. The van der Waals surface area contributed by atoms with Gasteiger partial charge in [-0.05, 0) is 47.9 Å². The third-order valence-electron chi connectivity index (χ3n) is 5.01. The molecule has 29 heavy (non-hydrogen) atoms. The molecule has 2 aromatic carbocycles. The van der Waals surface area contributed by atoms with Gasteiger partial charge in [-0.15, -0.1) is 5.14 Å². The molecule has 154 valence electrons. The standard InChI is InChI=1S/C22H26ClN3O2S/c1-14(2)9-15-7-8-25-13-19-18(15)11-17(12-21(19)29(24)28)26-22(27)10-16-5-3-4-6-20(16)23/h3-6,11-15H,7-10,24H2,1-2H3,(H,26,27). The number of hydrogen-bond acceptors (Lipinski definition) is 4. The number of hydrogen-bond donors (Lipinski definition) is 2. The fourth-order valence-electron chi connectivity index (χ4n) is 3.74. The van der Waals surface area contributed by atoms with Crippen molar-refractivity contribution in [3.05, 3.63) is 58.1 Å². The first-order valence-corrected chi connectivity index (χ1v) is 11.3. The van der Waals surface area contributed by atoms with E-state index in [0.717, 1.165) is 36.1 Å². The Balaban J connectivity index is 1.92. The van der Waals surface area contributed by atoms with Crippen LogP contribution in [0.4, 0.5) is 5.69 Å². The highest BCUT2D eigenvalue weighted by molar-refractivity contribution is 7.89. The Kier molecular flexibility index (Phi) is 7.35. The van der Waals surface area contributed by atoms with Crippen molar-refractivity contribution in [1.29, 1.82) is 0 Å². The van der Waals surface area contributed by atoms with E-state index in [2.05, 4.69) is 24.2 Å². The Morgan fingerprint density at radius 1 is 1.38 bits per heavy atom. The maximum Gasteiger partial charge on any atom is 0.228 e. The quantitative estimate of drug-likeness (QED) is 0.661. The van der Waals surface area contributed by atoms with Gasteiger partial charge in [0.15, 0.2) is 4.90 Å². The van der Waals surface area contributed by atoms with E-state index in [-0.39, 0.29) is 18.2 Å². The zero-order valence-corrected chi connectivity index (χ0v) is 18.2. The smallest absolute Gasteiger partial charge is 0.228 e. The van der Waals surface area contributed by atoms with Crippen molar-refractivity contribution in [3.8, 4) is 0 Å². The Hall–Kier alpha value is -1.86. The molecule has 1 aliphatic rings. The highest BCUT2D eigenvalue weighted by Gasteiger charge is 2.25. The number of nitrogens with one attached hydrogen (secondary N) is 1. The summed E-state index contributed by atoms with van der Waals surface area (Å²) >= 11 is 4.48. The van der Waals surface area contributed by atoms with Gasteiger partial charge in [-0.1, -0.05) is 43.6 Å². The van der Waals surface area contributed by atoms with Crippen LogP contribution >= 0.6 is 11.6 Å². The first-order chi connectivity index (χ1) is 13.8. The van der Waals surface area contributed by atoms with Crippen LogP contribution in [0.15, 0.2) is 46.3 Å². The van der Waals surface area contributed by atoms with Crippen molar-refractivity contribution < 1.29 is 9.35 Å². The van der Waals surface area contributed by atoms with Gasteiger partial charge >= 0.3 is 0 Å². The van der Waals surface area contributed by atoms with Crippen LogP contribution in [0.25, 0.3) is 0 Å². The van der Waals surface area contributed by atoms with E-state index in [9.17, 15) is 9.35 Å². The number of benzene rings is 2. The summed E-state index contributed by atoms with van der Waals surface area (Å²) < 4.78 is 12.2. The van der Waals surface area contributed by atoms with Crippen molar-refractivity contribution >= 4 is 40.8 Å². The molecule has 0 fully saturated rings. The maximum atomic E-state index is 12.6. The van der Waals surface area contributed by atoms with Gasteiger partial charge in [0.2, 0.25) is 5.91 Å². The SMILES string of the molecule is CC(C)CC1CCN=Cc2c1cc(NC(=O)Cc1ccccc1Cl)cc2[S+](N)[O-]. The van der Waals surface area contributed by atoms with Gasteiger partial charge < -0.3 is 9.87 Å². The summed E-state index contributed by atoms with van der Waals surface area (Å²) in [6, 6.07) is 10.9. The van der Waals surface area contributed by atoms with Crippen LogP contribution in [0.2, 0.25) is 5.02 Å². The van der Waals surface area contributed by atoms with Gasteiger partial charge in [0.1, 0.15) is 0 Å². The fourth-order valence-corrected chi connectivity index (χ4v) is 4.57. The summed E-state index contributed by atoms with van der Waals surface area (Å²) in [6.07, 6.45) is 3.83. The van der Waals surface area contributed by atoms with Gasteiger partial charge in [0.25, 0.3) is 0 Å². The number of amides is 1. The molecule has 0 saturated heterocycles. The van der Waals surface area contributed by atoms with Gasteiger partial charge in [-0.3, -0.25) is 9.79 Å². The van der Waals surface area contributed by atoms with E-state index in [4.69, 9.17) is 16.7 Å². The minimum atomic E-state index is -1.68. The molecule has 1 heterocycles. The molecule has 0 bridgehead atoms. The third-order valence-corrected chi connectivity index (χ3v) is 6.15. The van der Waals surface area contributed by atoms with Crippen molar-refractivity contribution in [2.45, 2.75) is 43.9 Å². The van der Waals surface area contributed by atoms with Crippen LogP contribution in [0.1, 0.15) is 49.3 Å². The van der Waals surface area contributed by atoms with E-state index < -0.39 is 11.4 Å². The van der Waals surface area contributed by atoms with E-state index in [1.54, 1.807) is 18.3 Å². The van der Waals surface area contributed by atoms with Crippen molar-refractivity contribution in [3.63, 3.8) is 0 Å². The number of nitrogens with zero attached hydrogens (tertiary/aromatic N) is 1. The summed E-state index contributed by atoms with van der Waals surface area (Å²) in [4.78, 5) is 17.6. The Labute approximate surface area is 180 Å².